The van der Waals surface area contributed by atoms with Crippen LogP contribution in [0.4, 0.5) is 0 Å². The van der Waals surface area contributed by atoms with Gasteiger partial charge in [-0.15, -0.1) is 6.42 Å². The molecule has 6 aromatic carbocycles. The van der Waals surface area contributed by atoms with E-state index in [1.54, 1.807) is 36.4 Å². The Morgan fingerprint density at radius 1 is 0.330 bits per heavy atom. The third-order valence-electron chi connectivity index (χ3n) is 16.5. The molecule has 0 atom stereocenters. The average Bonchev–Trinajstić information content (AvgIpc) is 0.841. The number of terminal acetylenes is 1. The molecule has 7 amide bonds. The number of carbonyl (C=O) groups excluding carboxylic acids is 7. The van der Waals surface area contributed by atoms with Gasteiger partial charge >= 0.3 is 0 Å². The predicted molar refractivity (Wildman–Crippen MR) is 364 cm³/mol. The van der Waals surface area contributed by atoms with Gasteiger partial charge in [0, 0.05) is 108 Å². The largest absolute Gasteiger partial charge is 0.504 e. The van der Waals surface area contributed by atoms with Crippen LogP contribution in [-0.2, 0) is 72.1 Å². The molecule has 0 radical (unpaired) electrons. The van der Waals surface area contributed by atoms with Crippen molar-refractivity contribution in [2.24, 2.45) is 0 Å². The van der Waals surface area contributed by atoms with Gasteiger partial charge in [0.15, 0.2) is 69.0 Å². The summed E-state index contributed by atoms with van der Waals surface area (Å²) in [5, 5.41) is 147. The minimum Gasteiger partial charge on any atom is -0.504 e. The summed E-state index contributed by atoms with van der Waals surface area (Å²) in [6.07, 6.45) is 5.88. The van der Waals surface area contributed by atoms with E-state index in [9.17, 15) is 105 Å². The number of phenols is 12. The molecule has 100 heavy (non-hydrogen) atoms. The summed E-state index contributed by atoms with van der Waals surface area (Å²) in [4.78, 5) is 101. The Hall–Kier alpha value is -11.8. The molecule has 6 rings (SSSR count). The van der Waals surface area contributed by atoms with Gasteiger partial charge in [0.1, 0.15) is 0 Å². The molecule has 0 spiro atoms. The Bertz CT molecular complexity index is 3500. The van der Waals surface area contributed by atoms with Gasteiger partial charge in [-0.1, -0.05) is 36.4 Å². The van der Waals surface area contributed by atoms with Crippen molar-refractivity contribution in [1.82, 2.24) is 37.2 Å². The fourth-order valence-corrected chi connectivity index (χ4v) is 10.5. The van der Waals surface area contributed by atoms with Crippen LogP contribution in [0.15, 0.2) is 109 Å². The molecule has 0 fully saturated rings. The van der Waals surface area contributed by atoms with Crippen molar-refractivity contribution in [2.45, 2.75) is 127 Å². The van der Waals surface area contributed by atoms with Crippen LogP contribution in [0.25, 0.3) is 0 Å². The van der Waals surface area contributed by atoms with Gasteiger partial charge in [-0.3, -0.25) is 43.7 Å². The molecule has 0 aliphatic rings. The summed E-state index contributed by atoms with van der Waals surface area (Å²) < 4.78 is 0. The molecule has 0 saturated heterocycles. The zero-order valence-corrected chi connectivity index (χ0v) is 54.9. The van der Waals surface area contributed by atoms with Gasteiger partial charge in [-0.25, -0.2) is 0 Å². The fourth-order valence-electron chi connectivity index (χ4n) is 10.5. The zero-order valence-electron chi connectivity index (χ0n) is 54.9. The maximum Gasteiger partial charge on any atom is 0.296 e. The number of phenolic OH excluding ortho intramolecular Hbond substituents is 12. The number of nitrogens with one attached hydrogen (secondary N) is 7. The third-order valence-corrected chi connectivity index (χ3v) is 16.5. The highest BCUT2D eigenvalue weighted by atomic mass is 16.6. The highest BCUT2D eigenvalue weighted by Gasteiger charge is 2.43. The standard InChI is InChI=1S/C37H44N4O10.C34H42N4O11/c1-2-33(48)41-37(15-9-34(49)38-18-12-24-3-6-27(42)30(45)21-24,16-10-35(50)39-19-13-25-4-7-28(43)31(46)22-25)17-11-36(51)40-20-14-26-5-8-29(44)32(47)23-26;39-25-4-1-22(19-28(25)42)10-16-35-31(45)7-13-34(38(48)49,14-8-32(46)36-17-11-23-2-5-26(40)29(43)20-23)15-9-33(47)37-18-12-24-3-6-27(41)30(44)21-24/h1,3-8,21-23,42-47H,9-20H2,(H,38,49)(H,39,50)(H,40,51)(H,41,48);1-6,19-21,39-44H,7-18H2,(H,35,45)(H,36,46)(H,37,47). The predicted octanol–water partition coefficient (Wildman–Crippen LogP) is 4.78. The van der Waals surface area contributed by atoms with E-state index in [0.717, 1.165) is 0 Å². The number of hydrogen-bond acceptors (Lipinski definition) is 21. The summed E-state index contributed by atoms with van der Waals surface area (Å²) >= 11 is 0. The first-order chi connectivity index (χ1) is 47.6. The molecule has 19 N–H and O–H groups in total. The molecule has 6 aromatic rings. The number of rotatable bonds is 38. The summed E-state index contributed by atoms with van der Waals surface area (Å²) in [6, 6.07) is 25.8. The first kappa shape index (κ1) is 78.9. The second kappa shape index (κ2) is 39.4. The van der Waals surface area contributed by atoms with Crippen LogP contribution in [0.5, 0.6) is 69.0 Å². The lowest BCUT2D eigenvalue weighted by molar-refractivity contribution is -0.573. The van der Waals surface area contributed by atoms with Crippen molar-refractivity contribution in [3.8, 4) is 81.3 Å². The van der Waals surface area contributed by atoms with E-state index in [4.69, 9.17) is 6.42 Å². The molecular formula is C71H86N8O21. The van der Waals surface area contributed by atoms with Crippen molar-refractivity contribution in [3.63, 3.8) is 0 Å². The normalized spacial score (nSPS) is 11.0. The summed E-state index contributed by atoms with van der Waals surface area (Å²) in [5.74, 6) is -4.62. The molecule has 29 heteroatoms. The molecular weight excluding hydrogens is 1300 g/mol. The molecule has 536 valence electrons. The van der Waals surface area contributed by atoms with Gasteiger partial charge in [0.2, 0.25) is 41.0 Å². The second-order valence-electron chi connectivity index (χ2n) is 23.9. The second-order valence-corrected chi connectivity index (χ2v) is 23.9. The lowest BCUT2D eigenvalue weighted by Gasteiger charge is -2.34. The third kappa shape index (κ3) is 27.4. The quantitative estimate of drug-likeness (QED) is 0.0107. The fraction of sp³-hybridized carbons (Fsp3) is 0.366. The Morgan fingerprint density at radius 2 is 0.520 bits per heavy atom. The van der Waals surface area contributed by atoms with Crippen LogP contribution in [0, 0.1) is 22.5 Å². The number of hydrogen-bond donors (Lipinski definition) is 19. The number of amides is 7. The molecule has 0 unspecified atom stereocenters. The number of nitro groups is 1. The maximum absolute atomic E-state index is 12.9. The molecule has 0 saturated carbocycles. The lowest BCUT2D eigenvalue weighted by atomic mass is 9.83. The number of benzene rings is 6. The first-order valence-electron chi connectivity index (χ1n) is 32.2. The van der Waals surface area contributed by atoms with Crippen LogP contribution in [0.1, 0.15) is 110 Å². The van der Waals surface area contributed by atoms with Crippen LogP contribution in [-0.4, -0.2) is 158 Å². The van der Waals surface area contributed by atoms with Crippen molar-refractivity contribution in [2.75, 3.05) is 39.3 Å². The maximum atomic E-state index is 12.9. The van der Waals surface area contributed by atoms with Crippen molar-refractivity contribution in [3.05, 3.63) is 153 Å². The van der Waals surface area contributed by atoms with Gasteiger partial charge in [-0.05, 0) is 170 Å². The van der Waals surface area contributed by atoms with E-state index >= 15 is 0 Å². The van der Waals surface area contributed by atoms with Crippen LogP contribution >= 0.6 is 0 Å². The Kier molecular flexibility index (Phi) is 31.1. The van der Waals surface area contributed by atoms with Crippen LogP contribution in [0.2, 0.25) is 0 Å². The van der Waals surface area contributed by atoms with E-state index in [0.29, 0.717) is 71.9 Å². The highest BCUT2D eigenvalue weighted by Crippen LogP contribution is 2.33. The van der Waals surface area contributed by atoms with E-state index in [1.807, 2.05) is 5.92 Å². The van der Waals surface area contributed by atoms with Gasteiger partial charge in [0.05, 0.1) is 0 Å². The highest BCUT2D eigenvalue weighted by molar-refractivity contribution is 5.93. The van der Waals surface area contributed by atoms with E-state index in [2.05, 4.69) is 37.2 Å². The van der Waals surface area contributed by atoms with Crippen LogP contribution < -0.4 is 37.2 Å². The molecule has 0 aliphatic carbocycles. The van der Waals surface area contributed by atoms with Crippen molar-refractivity contribution >= 4 is 41.4 Å². The summed E-state index contributed by atoms with van der Waals surface area (Å²) in [7, 11) is 0. The zero-order chi connectivity index (χ0) is 73.4. The first-order valence-corrected chi connectivity index (χ1v) is 32.2. The minimum absolute atomic E-state index is 0.0480. The Labute approximate surface area is 576 Å². The topological polar surface area (TPSA) is 490 Å². The van der Waals surface area contributed by atoms with Gasteiger partial charge in [0.25, 0.3) is 5.91 Å². The van der Waals surface area contributed by atoms with Crippen molar-refractivity contribution < 1.29 is 99.8 Å². The van der Waals surface area contributed by atoms with Gasteiger partial charge in [-0.2, -0.15) is 0 Å². The number of nitrogens with zero attached hydrogens (tertiary/aromatic N) is 1. The molecule has 29 nitrogen and oxygen atoms in total. The van der Waals surface area contributed by atoms with Gasteiger partial charge < -0.3 is 98.5 Å². The monoisotopic (exact) mass is 1390 g/mol. The molecule has 0 aromatic heterocycles. The smallest absolute Gasteiger partial charge is 0.296 e. The Balaban J connectivity index is 0.000000361. The van der Waals surface area contributed by atoms with Crippen molar-refractivity contribution in [1.29, 1.82) is 0 Å². The minimum atomic E-state index is -1.78. The summed E-state index contributed by atoms with van der Waals surface area (Å²) in [6.45, 7) is 1.14. The Morgan fingerprint density at radius 3 is 0.690 bits per heavy atom. The SMILES string of the molecule is C#CC(=O)NC(CCC(=O)NCCc1ccc(O)c(O)c1)(CCC(=O)NCCc1ccc(O)c(O)c1)CCC(=O)NCCc1ccc(O)c(O)c1.O=C(CCC(CCC(=O)NCCc1ccc(O)c(O)c1)(CCC(=O)NCCc1ccc(O)c(O)c1)[N+](=O)[O-])NCCc1ccc(O)c(O)c1. The summed E-state index contributed by atoms with van der Waals surface area (Å²) in [5.41, 5.74) is 1.00. The number of aromatic hydroxyl groups is 12. The van der Waals surface area contributed by atoms with E-state index in [-0.39, 0.29) is 203 Å². The molecule has 0 heterocycles. The van der Waals surface area contributed by atoms with Crippen LogP contribution in [0.3, 0.4) is 0 Å². The average molecular weight is 1390 g/mol. The molecule has 0 aliphatic heterocycles. The lowest BCUT2D eigenvalue weighted by Crippen LogP contribution is -2.50. The number of carbonyl (C=O) groups is 7. The van der Waals surface area contributed by atoms with E-state index in [1.165, 1.54) is 72.8 Å². The molecule has 0 bridgehead atoms. The van der Waals surface area contributed by atoms with E-state index < -0.39 is 39.6 Å².